The molecular formula is C13H17N. The minimum absolute atomic E-state index is 0.279. The van der Waals surface area contributed by atoms with Crippen LogP contribution in [-0.2, 0) is 0 Å². The van der Waals surface area contributed by atoms with Crippen molar-refractivity contribution < 1.29 is 0 Å². The van der Waals surface area contributed by atoms with E-state index in [9.17, 15) is 0 Å². The lowest BCUT2D eigenvalue weighted by Crippen LogP contribution is -2.17. The number of hydrogen-bond acceptors (Lipinski definition) is 1. The van der Waals surface area contributed by atoms with Crippen LogP contribution >= 0.6 is 0 Å². The molecule has 0 amide bonds. The van der Waals surface area contributed by atoms with Crippen molar-refractivity contribution in [2.75, 3.05) is 7.05 Å². The molecule has 0 spiro atoms. The van der Waals surface area contributed by atoms with Crippen LogP contribution in [0.2, 0.25) is 0 Å². The normalized spacial score (nSPS) is 12.1. The van der Waals surface area contributed by atoms with Crippen molar-refractivity contribution >= 4 is 0 Å². The van der Waals surface area contributed by atoms with Crippen LogP contribution in [0.15, 0.2) is 18.2 Å². The Bertz CT molecular complexity index is 326. The largest absolute Gasteiger partial charge is 0.312 e. The van der Waals surface area contributed by atoms with Gasteiger partial charge in [-0.3, -0.25) is 0 Å². The Morgan fingerprint density at radius 3 is 2.36 bits per heavy atom. The predicted octanol–water partition coefficient (Wildman–Crippen LogP) is 2.59. The van der Waals surface area contributed by atoms with Crippen LogP contribution in [0.5, 0.6) is 0 Å². The molecule has 0 heterocycles. The van der Waals surface area contributed by atoms with Crippen LogP contribution in [0.25, 0.3) is 0 Å². The molecule has 0 aromatic heterocycles. The minimum Gasteiger partial charge on any atom is -0.312 e. The topological polar surface area (TPSA) is 12.0 Å². The van der Waals surface area contributed by atoms with E-state index in [2.05, 4.69) is 43.3 Å². The van der Waals surface area contributed by atoms with Gasteiger partial charge in [0, 0.05) is 12.5 Å². The van der Waals surface area contributed by atoms with Crippen LogP contribution < -0.4 is 5.32 Å². The number of rotatable bonds is 3. The molecule has 0 fully saturated rings. The standard InChI is InChI=1S/C13H17N/c1-5-7-12(14-4)13-10(2)8-6-9-11(13)3/h1,6,8-9,12,14H,7H2,2-4H3. The summed E-state index contributed by atoms with van der Waals surface area (Å²) in [4.78, 5) is 0. The van der Waals surface area contributed by atoms with E-state index >= 15 is 0 Å². The number of aryl methyl sites for hydroxylation is 2. The molecule has 0 radical (unpaired) electrons. The average molecular weight is 187 g/mol. The van der Waals surface area contributed by atoms with Crippen molar-refractivity contribution in [1.82, 2.24) is 5.32 Å². The van der Waals surface area contributed by atoms with Crippen LogP contribution in [0, 0.1) is 26.2 Å². The Labute approximate surface area is 86.5 Å². The third-order valence-electron chi connectivity index (χ3n) is 2.56. The first kappa shape index (κ1) is 10.8. The van der Waals surface area contributed by atoms with Crippen molar-refractivity contribution in [2.24, 2.45) is 0 Å². The van der Waals surface area contributed by atoms with Gasteiger partial charge in [-0.05, 0) is 37.6 Å². The van der Waals surface area contributed by atoms with E-state index in [1.165, 1.54) is 16.7 Å². The predicted molar refractivity (Wildman–Crippen MR) is 61.2 cm³/mol. The first-order valence-electron chi connectivity index (χ1n) is 4.87. The molecule has 0 saturated carbocycles. The zero-order valence-corrected chi connectivity index (χ0v) is 9.09. The zero-order chi connectivity index (χ0) is 10.6. The molecule has 14 heavy (non-hydrogen) atoms. The van der Waals surface area contributed by atoms with Gasteiger partial charge in [0.2, 0.25) is 0 Å². The van der Waals surface area contributed by atoms with Gasteiger partial charge in [-0.2, -0.15) is 0 Å². The van der Waals surface area contributed by atoms with E-state index in [1.807, 2.05) is 7.05 Å². The Balaban J connectivity index is 3.09. The summed E-state index contributed by atoms with van der Waals surface area (Å²) in [5.74, 6) is 2.71. The first-order chi connectivity index (χ1) is 6.70. The lowest BCUT2D eigenvalue weighted by Gasteiger charge is -2.18. The molecule has 1 nitrogen and oxygen atoms in total. The highest BCUT2D eigenvalue weighted by Gasteiger charge is 2.12. The van der Waals surface area contributed by atoms with Gasteiger partial charge in [0.05, 0.1) is 0 Å². The van der Waals surface area contributed by atoms with Gasteiger partial charge in [-0.15, -0.1) is 12.3 Å². The van der Waals surface area contributed by atoms with E-state index in [0.717, 1.165) is 6.42 Å². The fourth-order valence-electron chi connectivity index (χ4n) is 1.84. The second kappa shape index (κ2) is 4.83. The van der Waals surface area contributed by atoms with Crippen molar-refractivity contribution in [2.45, 2.75) is 26.3 Å². The van der Waals surface area contributed by atoms with Crippen LogP contribution in [0.4, 0.5) is 0 Å². The maximum absolute atomic E-state index is 5.35. The van der Waals surface area contributed by atoms with Crippen LogP contribution in [-0.4, -0.2) is 7.05 Å². The van der Waals surface area contributed by atoms with Gasteiger partial charge in [-0.1, -0.05) is 18.2 Å². The number of hydrogen-bond donors (Lipinski definition) is 1. The highest BCUT2D eigenvalue weighted by molar-refractivity contribution is 5.36. The molecule has 1 N–H and O–H groups in total. The highest BCUT2D eigenvalue weighted by atomic mass is 14.9. The molecule has 1 atom stereocenters. The highest BCUT2D eigenvalue weighted by Crippen LogP contribution is 2.23. The summed E-state index contributed by atoms with van der Waals surface area (Å²) < 4.78 is 0. The SMILES string of the molecule is C#CCC(NC)c1c(C)cccc1C. The van der Waals surface area contributed by atoms with Gasteiger partial charge >= 0.3 is 0 Å². The molecule has 1 rings (SSSR count). The Kier molecular flexibility index (Phi) is 3.73. The van der Waals surface area contributed by atoms with Gasteiger partial charge in [0.1, 0.15) is 0 Å². The van der Waals surface area contributed by atoms with Gasteiger partial charge in [0.15, 0.2) is 0 Å². The second-order valence-electron chi connectivity index (χ2n) is 3.55. The Morgan fingerprint density at radius 2 is 1.93 bits per heavy atom. The molecule has 0 aliphatic rings. The van der Waals surface area contributed by atoms with Gasteiger partial charge < -0.3 is 5.32 Å². The summed E-state index contributed by atoms with van der Waals surface area (Å²) >= 11 is 0. The van der Waals surface area contributed by atoms with Crippen LogP contribution in [0.3, 0.4) is 0 Å². The van der Waals surface area contributed by atoms with E-state index in [4.69, 9.17) is 6.42 Å². The maximum Gasteiger partial charge on any atom is 0.0433 e. The summed E-state index contributed by atoms with van der Waals surface area (Å²) in [6.45, 7) is 4.26. The molecule has 1 unspecified atom stereocenters. The van der Waals surface area contributed by atoms with E-state index in [1.54, 1.807) is 0 Å². The molecule has 1 heteroatoms. The summed E-state index contributed by atoms with van der Waals surface area (Å²) in [6, 6.07) is 6.62. The van der Waals surface area contributed by atoms with Gasteiger partial charge in [-0.25, -0.2) is 0 Å². The monoisotopic (exact) mass is 187 g/mol. The molecule has 74 valence electrons. The van der Waals surface area contributed by atoms with E-state index in [-0.39, 0.29) is 6.04 Å². The molecule has 0 bridgehead atoms. The third-order valence-corrected chi connectivity index (χ3v) is 2.56. The minimum atomic E-state index is 0.279. The third kappa shape index (κ3) is 2.16. The maximum atomic E-state index is 5.35. The van der Waals surface area contributed by atoms with Crippen molar-refractivity contribution in [1.29, 1.82) is 0 Å². The van der Waals surface area contributed by atoms with Crippen molar-refractivity contribution in [3.05, 3.63) is 34.9 Å². The summed E-state index contributed by atoms with van der Waals surface area (Å²) in [6.07, 6.45) is 6.09. The zero-order valence-electron chi connectivity index (χ0n) is 9.09. The average Bonchev–Trinajstić information content (AvgIpc) is 2.16. The van der Waals surface area contributed by atoms with Crippen molar-refractivity contribution in [3.8, 4) is 12.3 Å². The fourth-order valence-corrected chi connectivity index (χ4v) is 1.84. The fraction of sp³-hybridized carbons (Fsp3) is 0.385. The smallest absolute Gasteiger partial charge is 0.0433 e. The molecule has 0 saturated heterocycles. The van der Waals surface area contributed by atoms with E-state index in [0.29, 0.717) is 0 Å². The molecule has 1 aromatic rings. The van der Waals surface area contributed by atoms with Crippen LogP contribution in [0.1, 0.15) is 29.2 Å². The molecule has 0 aliphatic carbocycles. The summed E-state index contributed by atoms with van der Waals surface area (Å²) in [5, 5.41) is 3.26. The number of nitrogens with one attached hydrogen (secondary N) is 1. The second-order valence-corrected chi connectivity index (χ2v) is 3.55. The number of benzene rings is 1. The lowest BCUT2D eigenvalue weighted by atomic mass is 9.94. The molecule has 0 aliphatic heterocycles. The Hall–Kier alpha value is -1.26. The summed E-state index contributed by atoms with van der Waals surface area (Å²) in [5.41, 5.74) is 3.95. The quantitative estimate of drug-likeness (QED) is 0.717. The Morgan fingerprint density at radius 1 is 1.36 bits per heavy atom. The number of terminal acetylenes is 1. The first-order valence-corrected chi connectivity index (χ1v) is 4.87. The lowest BCUT2D eigenvalue weighted by molar-refractivity contribution is 0.605. The van der Waals surface area contributed by atoms with Gasteiger partial charge in [0.25, 0.3) is 0 Å². The summed E-state index contributed by atoms with van der Waals surface area (Å²) in [7, 11) is 1.95. The van der Waals surface area contributed by atoms with E-state index < -0.39 is 0 Å². The van der Waals surface area contributed by atoms with Crippen molar-refractivity contribution in [3.63, 3.8) is 0 Å². The molecule has 1 aromatic carbocycles. The molecular weight excluding hydrogens is 170 g/mol.